The van der Waals surface area contributed by atoms with Gasteiger partial charge in [-0.05, 0) is 62.3 Å². The maximum Gasteiger partial charge on any atom is 0.172 e. The second kappa shape index (κ2) is 7.75. The van der Waals surface area contributed by atoms with E-state index in [1.165, 1.54) is 0 Å². The summed E-state index contributed by atoms with van der Waals surface area (Å²) >= 11 is 5.29. The van der Waals surface area contributed by atoms with Gasteiger partial charge in [0.2, 0.25) is 0 Å². The summed E-state index contributed by atoms with van der Waals surface area (Å²) in [6.07, 6.45) is 1.75. The predicted molar refractivity (Wildman–Crippen MR) is 94.5 cm³/mol. The van der Waals surface area contributed by atoms with Crippen molar-refractivity contribution in [2.75, 3.05) is 11.9 Å². The molecule has 1 aromatic carbocycles. The Balaban J connectivity index is 1.80. The fraction of sp³-hybridized carbons (Fsp3) is 0.294. The van der Waals surface area contributed by atoms with E-state index in [0.717, 1.165) is 22.7 Å². The van der Waals surface area contributed by atoms with Crippen LogP contribution in [0.25, 0.3) is 0 Å². The maximum atomic E-state index is 5.80. The van der Waals surface area contributed by atoms with Crippen LogP contribution in [-0.2, 0) is 0 Å². The summed E-state index contributed by atoms with van der Waals surface area (Å²) in [5.41, 5.74) is 2.26. The number of ether oxygens (including phenoxy) is 1. The molecule has 0 bridgehead atoms. The van der Waals surface area contributed by atoms with Crippen molar-refractivity contribution in [2.24, 2.45) is 0 Å². The number of nitrogens with one attached hydrogen (secondary N) is 2. The zero-order valence-corrected chi connectivity index (χ0v) is 13.9. The van der Waals surface area contributed by atoms with Gasteiger partial charge < -0.3 is 15.4 Å². The lowest BCUT2D eigenvalue weighted by Gasteiger charge is -2.18. The highest BCUT2D eigenvalue weighted by atomic mass is 32.1. The van der Waals surface area contributed by atoms with Crippen LogP contribution < -0.4 is 15.4 Å². The van der Waals surface area contributed by atoms with E-state index in [-0.39, 0.29) is 6.04 Å². The lowest BCUT2D eigenvalue weighted by molar-refractivity contribution is 0.285. The first-order valence-corrected chi connectivity index (χ1v) is 7.64. The molecule has 1 atom stereocenters. The van der Waals surface area contributed by atoms with Gasteiger partial charge in [0.15, 0.2) is 5.11 Å². The zero-order valence-electron chi connectivity index (χ0n) is 13.1. The van der Waals surface area contributed by atoms with Gasteiger partial charge in [-0.3, -0.25) is 0 Å². The maximum absolute atomic E-state index is 5.80. The van der Waals surface area contributed by atoms with Crippen LogP contribution in [-0.4, -0.2) is 22.7 Å². The summed E-state index contributed by atoms with van der Waals surface area (Å²) in [7, 11) is 0. The second-order valence-electron chi connectivity index (χ2n) is 5.29. The minimum atomic E-state index is 0.0874. The van der Waals surface area contributed by atoms with Crippen molar-refractivity contribution in [3.63, 3.8) is 0 Å². The zero-order chi connectivity index (χ0) is 15.9. The molecule has 2 rings (SSSR count). The Labute approximate surface area is 136 Å². The van der Waals surface area contributed by atoms with Crippen molar-refractivity contribution in [1.82, 2.24) is 10.3 Å². The molecule has 0 unspecified atom stereocenters. The van der Waals surface area contributed by atoms with E-state index in [9.17, 15) is 0 Å². The Bertz CT molecular complexity index is 645. The summed E-state index contributed by atoms with van der Waals surface area (Å²) in [5.74, 6) is 1.64. The molecule has 0 amide bonds. The van der Waals surface area contributed by atoms with E-state index < -0.39 is 0 Å². The van der Waals surface area contributed by atoms with Crippen LogP contribution >= 0.6 is 12.2 Å². The highest BCUT2D eigenvalue weighted by Crippen LogP contribution is 2.16. The molecule has 0 saturated carbocycles. The van der Waals surface area contributed by atoms with E-state index in [0.29, 0.717) is 11.7 Å². The number of aromatic nitrogens is 1. The highest BCUT2D eigenvalue weighted by molar-refractivity contribution is 7.80. The van der Waals surface area contributed by atoms with Crippen LogP contribution in [0.15, 0.2) is 42.6 Å². The number of thiocarbonyl (C=S) groups is 1. The lowest BCUT2D eigenvalue weighted by Crippen LogP contribution is -2.39. The van der Waals surface area contributed by atoms with E-state index >= 15 is 0 Å². The Morgan fingerprint density at radius 2 is 2.05 bits per heavy atom. The third kappa shape index (κ3) is 5.00. The smallest absolute Gasteiger partial charge is 0.172 e. The molecule has 0 aliphatic heterocycles. The van der Waals surface area contributed by atoms with Gasteiger partial charge in [0, 0.05) is 6.20 Å². The van der Waals surface area contributed by atoms with Crippen LogP contribution in [0.1, 0.15) is 18.1 Å². The lowest BCUT2D eigenvalue weighted by atomic mass is 10.2. The number of nitrogens with zero attached hydrogens (tertiary/aromatic N) is 1. The number of rotatable bonds is 5. The van der Waals surface area contributed by atoms with E-state index in [1.807, 2.05) is 57.2 Å². The first-order chi connectivity index (χ1) is 10.5. The quantitative estimate of drug-likeness (QED) is 0.828. The monoisotopic (exact) mass is 315 g/mol. The molecule has 0 spiro atoms. The molecule has 116 valence electrons. The first-order valence-electron chi connectivity index (χ1n) is 7.23. The minimum absolute atomic E-state index is 0.0874. The van der Waals surface area contributed by atoms with Crippen molar-refractivity contribution < 1.29 is 4.74 Å². The minimum Gasteiger partial charge on any atom is -0.491 e. The van der Waals surface area contributed by atoms with Crippen LogP contribution in [0.5, 0.6) is 5.75 Å². The van der Waals surface area contributed by atoms with Gasteiger partial charge in [0.1, 0.15) is 18.2 Å². The molecular formula is C17H21N3OS. The van der Waals surface area contributed by atoms with Gasteiger partial charge in [-0.15, -0.1) is 0 Å². The second-order valence-corrected chi connectivity index (χ2v) is 5.70. The van der Waals surface area contributed by atoms with Gasteiger partial charge in [-0.25, -0.2) is 4.98 Å². The molecule has 4 nitrogen and oxygen atoms in total. The molecule has 1 aromatic heterocycles. The number of benzene rings is 1. The van der Waals surface area contributed by atoms with Crippen molar-refractivity contribution in [1.29, 1.82) is 0 Å². The average molecular weight is 315 g/mol. The summed E-state index contributed by atoms with van der Waals surface area (Å²) in [4.78, 5) is 4.22. The number of para-hydroxylation sites is 1. The molecule has 0 aliphatic carbocycles. The van der Waals surface area contributed by atoms with Gasteiger partial charge in [-0.2, -0.15) is 0 Å². The van der Waals surface area contributed by atoms with Crippen molar-refractivity contribution in [3.8, 4) is 5.75 Å². The van der Waals surface area contributed by atoms with E-state index in [2.05, 4.69) is 15.6 Å². The third-order valence-electron chi connectivity index (χ3n) is 3.12. The molecule has 2 aromatic rings. The average Bonchev–Trinajstić information content (AvgIpc) is 2.46. The van der Waals surface area contributed by atoms with Crippen molar-refractivity contribution in [2.45, 2.75) is 26.8 Å². The molecule has 0 radical (unpaired) electrons. The number of pyridine rings is 1. The highest BCUT2D eigenvalue weighted by Gasteiger charge is 2.07. The number of anilines is 1. The Hall–Kier alpha value is -2.14. The number of aryl methyl sites for hydroxylation is 2. The summed E-state index contributed by atoms with van der Waals surface area (Å²) in [6.45, 7) is 6.61. The van der Waals surface area contributed by atoms with Gasteiger partial charge in [-0.1, -0.05) is 18.2 Å². The van der Waals surface area contributed by atoms with Crippen molar-refractivity contribution in [3.05, 3.63) is 53.7 Å². The van der Waals surface area contributed by atoms with Gasteiger partial charge >= 0.3 is 0 Å². The first kappa shape index (κ1) is 16.2. The summed E-state index contributed by atoms with van der Waals surface area (Å²) in [5, 5.41) is 6.81. The molecule has 0 aliphatic rings. The largest absolute Gasteiger partial charge is 0.491 e. The van der Waals surface area contributed by atoms with Gasteiger partial charge in [0.25, 0.3) is 0 Å². The Morgan fingerprint density at radius 3 is 2.77 bits per heavy atom. The standard InChI is InChI=1S/C17H21N3OS/c1-12-8-9-18-16(10-12)20-17(22)19-14(3)11-21-15-7-5-4-6-13(15)2/h4-10,14H,11H2,1-3H3,(H2,18,19,20,22)/t14-/m1/s1. The SMILES string of the molecule is Cc1ccnc(NC(=S)N[C@H](C)COc2ccccc2C)c1. The molecule has 5 heteroatoms. The molecular weight excluding hydrogens is 294 g/mol. The number of hydrogen-bond acceptors (Lipinski definition) is 3. The molecule has 0 fully saturated rings. The summed E-state index contributed by atoms with van der Waals surface area (Å²) in [6, 6.07) is 11.9. The molecule has 22 heavy (non-hydrogen) atoms. The third-order valence-corrected chi connectivity index (χ3v) is 3.34. The van der Waals surface area contributed by atoms with Crippen LogP contribution in [0, 0.1) is 13.8 Å². The van der Waals surface area contributed by atoms with Crippen molar-refractivity contribution >= 4 is 23.1 Å². The molecule has 0 saturated heterocycles. The molecule has 1 heterocycles. The summed E-state index contributed by atoms with van der Waals surface area (Å²) < 4.78 is 5.80. The molecule has 2 N–H and O–H groups in total. The normalized spacial score (nSPS) is 11.6. The Kier molecular flexibility index (Phi) is 5.72. The Morgan fingerprint density at radius 1 is 1.27 bits per heavy atom. The van der Waals surface area contributed by atoms with Crippen LogP contribution in [0.2, 0.25) is 0 Å². The van der Waals surface area contributed by atoms with Gasteiger partial charge in [0.05, 0.1) is 6.04 Å². The van der Waals surface area contributed by atoms with E-state index in [1.54, 1.807) is 6.20 Å². The fourth-order valence-corrected chi connectivity index (χ4v) is 2.26. The fourth-order valence-electron chi connectivity index (χ4n) is 1.96. The topological polar surface area (TPSA) is 46.2 Å². The van der Waals surface area contributed by atoms with Crippen LogP contribution in [0.3, 0.4) is 0 Å². The van der Waals surface area contributed by atoms with Crippen LogP contribution in [0.4, 0.5) is 5.82 Å². The van der Waals surface area contributed by atoms with E-state index in [4.69, 9.17) is 17.0 Å². The number of hydrogen-bond donors (Lipinski definition) is 2. The predicted octanol–water partition coefficient (Wildman–Crippen LogP) is 3.45.